The second-order valence-corrected chi connectivity index (χ2v) is 5.30. The first kappa shape index (κ1) is 10.5. The number of fused-ring (bicyclic) bond motifs is 1. The number of hydrogen-bond donors (Lipinski definition) is 0. The van der Waals surface area contributed by atoms with Crippen LogP contribution in [0.3, 0.4) is 0 Å². The van der Waals surface area contributed by atoms with Gasteiger partial charge in [0.2, 0.25) is 0 Å². The number of hydrogen-bond acceptors (Lipinski definition) is 1. The topological polar surface area (TPSA) is 9.23 Å². The van der Waals surface area contributed by atoms with Crippen LogP contribution in [-0.4, -0.2) is 0 Å². The van der Waals surface area contributed by atoms with Crippen LogP contribution in [0.1, 0.15) is 25.0 Å². The third-order valence-electron chi connectivity index (χ3n) is 2.56. The van der Waals surface area contributed by atoms with Crippen LogP contribution in [0.25, 0.3) is 6.08 Å². The maximum atomic E-state index is 5.26. The van der Waals surface area contributed by atoms with Crippen LogP contribution in [0.5, 0.6) is 5.75 Å². The maximum Gasteiger partial charge on any atom is 0.192 e. The molecule has 0 amide bonds. The SMILES string of the molecule is CC1(C)C=Cc2cc(Br)c(OI)cc21. The Morgan fingerprint density at radius 1 is 1.36 bits per heavy atom. The first-order chi connectivity index (χ1) is 6.54. The summed E-state index contributed by atoms with van der Waals surface area (Å²) in [4.78, 5) is 0. The number of allylic oxidation sites excluding steroid dienone is 1. The minimum atomic E-state index is 0.125. The van der Waals surface area contributed by atoms with Gasteiger partial charge in [-0.1, -0.05) is 26.0 Å². The molecule has 1 aromatic carbocycles. The molecule has 74 valence electrons. The summed E-state index contributed by atoms with van der Waals surface area (Å²) in [5.41, 5.74) is 2.73. The zero-order valence-corrected chi connectivity index (χ0v) is 11.7. The Labute approximate surface area is 106 Å². The molecule has 1 aliphatic carbocycles. The van der Waals surface area contributed by atoms with Crippen molar-refractivity contribution >= 4 is 45.0 Å². The zero-order chi connectivity index (χ0) is 10.3. The Kier molecular flexibility index (Phi) is 2.64. The molecule has 0 bridgehead atoms. The van der Waals surface area contributed by atoms with Crippen molar-refractivity contribution in [2.75, 3.05) is 0 Å². The van der Waals surface area contributed by atoms with Crippen molar-refractivity contribution < 1.29 is 3.07 Å². The van der Waals surface area contributed by atoms with Gasteiger partial charge in [-0.05, 0) is 39.2 Å². The van der Waals surface area contributed by atoms with Crippen LogP contribution in [0.15, 0.2) is 22.7 Å². The van der Waals surface area contributed by atoms with E-state index in [4.69, 9.17) is 3.07 Å². The number of halogens is 2. The lowest BCUT2D eigenvalue weighted by Gasteiger charge is -2.18. The average Bonchev–Trinajstić information content (AvgIpc) is 2.41. The summed E-state index contributed by atoms with van der Waals surface area (Å²) in [6.45, 7) is 4.42. The van der Waals surface area contributed by atoms with Gasteiger partial charge in [-0.3, -0.25) is 0 Å². The summed E-state index contributed by atoms with van der Waals surface area (Å²) < 4.78 is 6.27. The largest absolute Gasteiger partial charge is 0.426 e. The van der Waals surface area contributed by atoms with Crippen LogP contribution in [-0.2, 0) is 5.41 Å². The molecule has 14 heavy (non-hydrogen) atoms. The molecule has 0 saturated heterocycles. The Hall–Kier alpha value is -0.0300. The summed E-state index contributed by atoms with van der Waals surface area (Å²) in [6.07, 6.45) is 4.39. The van der Waals surface area contributed by atoms with Gasteiger partial charge in [-0.2, -0.15) is 0 Å². The molecule has 0 aromatic heterocycles. The Morgan fingerprint density at radius 3 is 2.71 bits per heavy atom. The molecule has 0 unspecified atom stereocenters. The van der Waals surface area contributed by atoms with E-state index < -0.39 is 0 Å². The molecule has 0 N–H and O–H groups in total. The third kappa shape index (κ3) is 1.60. The van der Waals surface area contributed by atoms with Crippen molar-refractivity contribution in [2.45, 2.75) is 19.3 Å². The Balaban J connectivity index is 2.61. The smallest absolute Gasteiger partial charge is 0.192 e. The minimum Gasteiger partial charge on any atom is -0.426 e. The molecule has 0 radical (unpaired) electrons. The summed E-state index contributed by atoms with van der Waals surface area (Å²) in [7, 11) is 0. The van der Waals surface area contributed by atoms with Crippen LogP contribution in [0.2, 0.25) is 0 Å². The first-order valence-electron chi connectivity index (χ1n) is 4.36. The van der Waals surface area contributed by atoms with Gasteiger partial charge in [0, 0.05) is 5.41 Å². The molecule has 0 spiro atoms. The Morgan fingerprint density at radius 2 is 2.07 bits per heavy atom. The molecule has 0 atom stereocenters. The quantitative estimate of drug-likeness (QED) is 0.667. The third-order valence-corrected chi connectivity index (χ3v) is 3.66. The highest BCUT2D eigenvalue weighted by Gasteiger charge is 2.26. The lowest BCUT2D eigenvalue weighted by molar-refractivity contribution is 0.665. The van der Waals surface area contributed by atoms with E-state index in [1.807, 2.05) is 23.0 Å². The highest BCUT2D eigenvalue weighted by molar-refractivity contribution is 14.1. The van der Waals surface area contributed by atoms with Crippen molar-refractivity contribution in [3.05, 3.63) is 33.8 Å². The first-order valence-corrected chi connectivity index (χ1v) is 6.04. The van der Waals surface area contributed by atoms with Crippen molar-refractivity contribution in [3.8, 4) is 5.75 Å². The van der Waals surface area contributed by atoms with Crippen LogP contribution in [0.4, 0.5) is 0 Å². The van der Waals surface area contributed by atoms with Gasteiger partial charge in [0.05, 0.1) is 4.47 Å². The van der Waals surface area contributed by atoms with E-state index in [2.05, 4.69) is 54.1 Å². The average molecular weight is 365 g/mol. The monoisotopic (exact) mass is 364 g/mol. The predicted molar refractivity (Wildman–Crippen MR) is 70.9 cm³/mol. The van der Waals surface area contributed by atoms with Crippen LogP contribution in [0, 0.1) is 0 Å². The van der Waals surface area contributed by atoms with Crippen molar-refractivity contribution in [1.82, 2.24) is 0 Å². The molecule has 1 aliphatic rings. The van der Waals surface area contributed by atoms with Gasteiger partial charge in [-0.15, -0.1) is 0 Å². The molecular formula is C11H10BrIO. The molecular weight excluding hydrogens is 355 g/mol. The summed E-state index contributed by atoms with van der Waals surface area (Å²) in [5, 5.41) is 0. The number of benzene rings is 1. The van der Waals surface area contributed by atoms with Gasteiger partial charge in [0.15, 0.2) is 23.0 Å². The second-order valence-electron chi connectivity index (χ2n) is 4.00. The van der Waals surface area contributed by atoms with E-state index in [1.54, 1.807) is 0 Å². The van der Waals surface area contributed by atoms with E-state index in [1.165, 1.54) is 11.1 Å². The van der Waals surface area contributed by atoms with Gasteiger partial charge in [0.25, 0.3) is 0 Å². The lowest BCUT2D eigenvalue weighted by Crippen LogP contribution is -2.10. The van der Waals surface area contributed by atoms with Crippen LogP contribution >= 0.6 is 38.9 Å². The van der Waals surface area contributed by atoms with Gasteiger partial charge in [-0.25, -0.2) is 0 Å². The van der Waals surface area contributed by atoms with Gasteiger partial charge < -0.3 is 3.07 Å². The van der Waals surface area contributed by atoms with E-state index in [0.717, 1.165) is 10.2 Å². The standard InChI is InChI=1S/C11H10BrIO/c1-11(2)4-3-7-5-9(12)10(14-13)6-8(7)11/h3-6H,1-2H3. The lowest BCUT2D eigenvalue weighted by atomic mass is 9.87. The fraction of sp³-hybridized carbons (Fsp3) is 0.273. The van der Waals surface area contributed by atoms with Crippen molar-refractivity contribution in [3.63, 3.8) is 0 Å². The molecule has 1 aromatic rings. The summed E-state index contributed by atoms with van der Waals surface area (Å²) in [6, 6.07) is 4.21. The van der Waals surface area contributed by atoms with Crippen LogP contribution < -0.4 is 3.07 Å². The van der Waals surface area contributed by atoms with Crippen molar-refractivity contribution in [1.29, 1.82) is 0 Å². The van der Waals surface area contributed by atoms with Crippen molar-refractivity contribution in [2.24, 2.45) is 0 Å². The second kappa shape index (κ2) is 3.52. The maximum absolute atomic E-state index is 5.26. The normalized spacial score (nSPS) is 16.9. The highest BCUT2D eigenvalue weighted by atomic mass is 127. The predicted octanol–water partition coefficient (Wildman–Crippen LogP) is 4.48. The molecule has 1 nitrogen and oxygen atoms in total. The van der Waals surface area contributed by atoms with E-state index in [0.29, 0.717) is 0 Å². The summed E-state index contributed by atoms with van der Waals surface area (Å²) >= 11 is 5.39. The molecule has 0 aliphatic heterocycles. The minimum absolute atomic E-state index is 0.125. The number of rotatable bonds is 1. The molecule has 0 saturated carbocycles. The van der Waals surface area contributed by atoms with E-state index in [9.17, 15) is 0 Å². The summed E-state index contributed by atoms with van der Waals surface area (Å²) in [5.74, 6) is 0.890. The zero-order valence-electron chi connectivity index (χ0n) is 7.97. The Bertz CT molecular complexity index is 410. The molecule has 0 heterocycles. The van der Waals surface area contributed by atoms with Gasteiger partial charge >= 0.3 is 0 Å². The molecule has 2 rings (SSSR count). The van der Waals surface area contributed by atoms with E-state index >= 15 is 0 Å². The highest BCUT2D eigenvalue weighted by Crippen LogP contribution is 2.40. The van der Waals surface area contributed by atoms with E-state index in [-0.39, 0.29) is 5.41 Å². The fourth-order valence-corrected chi connectivity index (χ4v) is 2.82. The fourth-order valence-electron chi connectivity index (χ4n) is 1.71. The molecule has 0 fully saturated rings. The van der Waals surface area contributed by atoms with Gasteiger partial charge in [0.1, 0.15) is 5.75 Å². The molecule has 3 heteroatoms.